The maximum absolute atomic E-state index is 2.55. The quantitative estimate of drug-likeness (QED) is 0.363. The molecule has 0 saturated heterocycles. The van der Waals surface area contributed by atoms with E-state index in [1.807, 2.05) is 0 Å². The minimum absolute atomic E-state index is 0.539. The van der Waals surface area contributed by atoms with Gasteiger partial charge in [-0.05, 0) is 72.5 Å². The highest BCUT2D eigenvalue weighted by molar-refractivity contribution is 4.93. The van der Waals surface area contributed by atoms with Crippen LogP contribution in [0, 0.1) is 46.8 Å². The highest BCUT2D eigenvalue weighted by Crippen LogP contribution is 2.52. The van der Waals surface area contributed by atoms with Crippen molar-refractivity contribution in [3.8, 4) is 0 Å². The molecular formula is C23H46. The maximum Gasteiger partial charge on any atom is -0.0277 e. The molecule has 0 amide bonds. The molecule has 0 N–H and O–H groups in total. The van der Waals surface area contributed by atoms with Gasteiger partial charge in [0.2, 0.25) is 0 Å². The predicted molar refractivity (Wildman–Crippen MR) is 106 cm³/mol. The molecule has 1 aliphatic carbocycles. The number of hydrogen-bond acceptors (Lipinski definition) is 0. The fourth-order valence-corrected chi connectivity index (χ4v) is 4.89. The van der Waals surface area contributed by atoms with E-state index < -0.39 is 0 Å². The Labute approximate surface area is 148 Å². The Bertz CT molecular complexity index is 329. The highest BCUT2D eigenvalue weighted by Gasteiger charge is 2.43. The smallest absolute Gasteiger partial charge is 0.0277 e. The van der Waals surface area contributed by atoms with E-state index in [1.165, 1.54) is 38.5 Å². The molecule has 0 aromatic carbocycles. The second-order valence-electron chi connectivity index (χ2n) is 9.93. The van der Waals surface area contributed by atoms with Gasteiger partial charge in [-0.25, -0.2) is 0 Å². The van der Waals surface area contributed by atoms with E-state index in [2.05, 4.69) is 62.3 Å². The van der Waals surface area contributed by atoms with Crippen molar-refractivity contribution in [2.75, 3.05) is 0 Å². The molecule has 6 unspecified atom stereocenters. The van der Waals surface area contributed by atoms with Crippen molar-refractivity contribution in [2.45, 2.75) is 101 Å². The van der Waals surface area contributed by atoms with Crippen molar-refractivity contribution in [1.82, 2.24) is 0 Å². The van der Waals surface area contributed by atoms with Gasteiger partial charge >= 0.3 is 0 Å². The van der Waals surface area contributed by atoms with Crippen molar-refractivity contribution in [3.05, 3.63) is 0 Å². The van der Waals surface area contributed by atoms with Crippen LogP contribution in [-0.2, 0) is 0 Å². The molecule has 0 aromatic rings. The van der Waals surface area contributed by atoms with Gasteiger partial charge in [0.05, 0.1) is 0 Å². The van der Waals surface area contributed by atoms with Crippen LogP contribution in [0.25, 0.3) is 0 Å². The van der Waals surface area contributed by atoms with Gasteiger partial charge in [0.15, 0.2) is 0 Å². The molecule has 0 spiro atoms. The highest BCUT2D eigenvalue weighted by atomic mass is 14.5. The van der Waals surface area contributed by atoms with Crippen LogP contribution in [0.4, 0.5) is 0 Å². The first-order valence-corrected chi connectivity index (χ1v) is 10.7. The van der Waals surface area contributed by atoms with Crippen molar-refractivity contribution >= 4 is 0 Å². The van der Waals surface area contributed by atoms with Gasteiger partial charge < -0.3 is 0 Å². The fourth-order valence-electron chi connectivity index (χ4n) is 4.89. The Balaban J connectivity index is 2.52. The standard InChI is InChI=1S/C23H46/c1-10-18(7)23(9,11-2)19(8)13-21-15-22(21)14-20(17(5)6)12-16(3)4/h16-22H,10-15H2,1-9H3. The third-order valence-corrected chi connectivity index (χ3v) is 7.67. The maximum atomic E-state index is 2.55. The van der Waals surface area contributed by atoms with Crippen LogP contribution in [0.5, 0.6) is 0 Å². The summed E-state index contributed by atoms with van der Waals surface area (Å²) in [5.41, 5.74) is 0.539. The largest absolute Gasteiger partial charge is 0.0651 e. The van der Waals surface area contributed by atoms with E-state index in [4.69, 9.17) is 0 Å². The molecule has 0 aromatic heterocycles. The average Bonchev–Trinajstić information content (AvgIpc) is 3.21. The van der Waals surface area contributed by atoms with Gasteiger partial charge in [0.1, 0.15) is 0 Å². The Kier molecular flexibility index (Phi) is 8.15. The van der Waals surface area contributed by atoms with E-state index >= 15 is 0 Å². The predicted octanol–water partition coefficient (Wildman–Crippen LogP) is 7.82. The lowest BCUT2D eigenvalue weighted by molar-refractivity contribution is 0.0918. The summed E-state index contributed by atoms with van der Waals surface area (Å²) in [5, 5.41) is 0. The second kappa shape index (κ2) is 8.91. The topological polar surface area (TPSA) is 0 Å². The molecule has 1 rings (SSSR count). The van der Waals surface area contributed by atoms with Crippen LogP contribution in [-0.4, -0.2) is 0 Å². The van der Waals surface area contributed by atoms with Gasteiger partial charge in [-0.15, -0.1) is 0 Å². The summed E-state index contributed by atoms with van der Waals surface area (Å²) in [7, 11) is 0. The van der Waals surface area contributed by atoms with Crippen LogP contribution >= 0.6 is 0 Å². The zero-order chi connectivity index (χ0) is 17.8. The molecule has 6 atom stereocenters. The van der Waals surface area contributed by atoms with Gasteiger partial charge in [-0.1, -0.05) is 75.2 Å². The van der Waals surface area contributed by atoms with Crippen LogP contribution < -0.4 is 0 Å². The summed E-state index contributed by atoms with van der Waals surface area (Å²) >= 11 is 0. The lowest BCUT2D eigenvalue weighted by Crippen LogP contribution is -2.32. The Hall–Kier alpha value is 0. The first-order chi connectivity index (χ1) is 10.7. The third-order valence-electron chi connectivity index (χ3n) is 7.67. The van der Waals surface area contributed by atoms with Gasteiger partial charge in [0, 0.05) is 0 Å². The molecule has 1 aliphatic rings. The van der Waals surface area contributed by atoms with Crippen molar-refractivity contribution in [3.63, 3.8) is 0 Å². The van der Waals surface area contributed by atoms with Crippen molar-refractivity contribution in [2.24, 2.45) is 46.8 Å². The summed E-state index contributed by atoms with van der Waals surface area (Å²) in [6, 6.07) is 0. The molecule has 0 heterocycles. The summed E-state index contributed by atoms with van der Waals surface area (Å²) in [4.78, 5) is 0. The number of rotatable bonds is 11. The fraction of sp³-hybridized carbons (Fsp3) is 1.00. The van der Waals surface area contributed by atoms with Crippen LogP contribution in [0.2, 0.25) is 0 Å². The van der Waals surface area contributed by atoms with E-state index in [9.17, 15) is 0 Å². The third kappa shape index (κ3) is 5.79. The minimum Gasteiger partial charge on any atom is -0.0651 e. The summed E-state index contributed by atoms with van der Waals surface area (Å²) in [6.45, 7) is 22.0. The first kappa shape index (κ1) is 21.0. The van der Waals surface area contributed by atoms with Crippen molar-refractivity contribution in [1.29, 1.82) is 0 Å². The van der Waals surface area contributed by atoms with E-state index in [-0.39, 0.29) is 0 Å². The van der Waals surface area contributed by atoms with E-state index in [1.54, 1.807) is 0 Å². The Morgan fingerprint density at radius 1 is 0.870 bits per heavy atom. The zero-order valence-corrected chi connectivity index (χ0v) is 17.8. The molecule has 1 saturated carbocycles. The van der Waals surface area contributed by atoms with Gasteiger partial charge in [0.25, 0.3) is 0 Å². The zero-order valence-electron chi connectivity index (χ0n) is 17.8. The molecule has 0 radical (unpaired) electrons. The van der Waals surface area contributed by atoms with Gasteiger partial charge in [-0.3, -0.25) is 0 Å². The molecule has 0 nitrogen and oxygen atoms in total. The lowest BCUT2D eigenvalue weighted by Gasteiger charge is -2.40. The van der Waals surface area contributed by atoms with Crippen LogP contribution in [0.1, 0.15) is 101 Å². The normalized spacial score (nSPS) is 27.8. The number of hydrogen-bond donors (Lipinski definition) is 0. The van der Waals surface area contributed by atoms with E-state index in [0.29, 0.717) is 5.41 Å². The molecule has 1 fully saturated rings. The van der Waals surface area contributed by atoms with Crippen molar-refractivity contribution < 1.29 is 0 Å². The van der Waals surface area contributed by atoms with E-state index in [0.717, 1.165) is 41.4 Å². The molecule has 0 heteroatoms. The Morgan fingerprint density at radius 3 is 1.87 bits per heavy atom. The summed E-state index contributed by atoms with van der Waals surface area (Å²) in [5.74, 6) is 6.47. The lowest BCUT2D eigenvalue weighted by atomic mass is 9.65. The second-order valence-corrected chi connectivity index (χ2v) is 9.93. The molecule has 138 valence electrons. The molecule has 23 heavy (non-hydrogen) atoms. The SMILES string of the molecule is CCC(C)C(C)(CC)C(C)CC1CC1CC(CC(C)C)C(C)C. The molecule has 0 bridgehead atoms. The monoisotopic (exact) mass is 322 g/mol. The summed E-state index contributed by atoms with van der Waals surface area (Å²) in [6.07, 6.45) is 8.59. The van der Waals surface area contributed by atoms with Crippen LogP contribution in [0.15, 0.2) is 0 Å². The molecular weight excluding hydrogens is 276 g/mol. The Morgan fingerprint density at radius 2 is 1.43 bits per heavy atom. The minimum atomic E-state index is 0.539. The molecule has 0 aliphatic heterocycles. The van der Waals surface area contributed by atoms with Crippen LogP contribution in [0.3, 0.4) is 0 Å². The summed E-state index contributed by atoms with van der Waals surface area (Å²) < 4.78 is 0. The van der Waals surface area contributed by atoms with Gasteiger partial charge in [-0.2, -0.15) is 0 Å². The first-order valence-electron chi connectivity index (χ1n) is 10.7. The average molecular weight is 323 g/mol.